The van der Waals surface area contributed by atoms with Gasteiger partial charge in [0, 0.05) is 13.0 Å². The van der Waals surface area contributed by atoms with Crippen molar-refractivity contribution in [2.45, 2.75) is 40.2 Å². The Morgan fingerprint density at radius 3 is 2.55 bits per heavy atom. The number of fused-ring (bicyclic) bond motifs is 1. The first kappa shape index (κ1) is 16.3. The van der Waals surface area contributed by atoms with Crippen LogP contribution in [0.4, 0.5) is 0 Å². The van der Waals surface area contributed by atoms with E-state index in [-0.39, 0.29) is 18.4 Å². The summed E-state index contributed by atoms with van der Waals surface area (Å²) in [5.74, 6) is -0.309. The highest BCUT2D eigenvalue weighted by Crippen LogP contribution is 2.32. The van der Waals surface area contributed by atoms with Crippen LogP contribution >= 0.6 is 0 Å². The summed E-state index contributed by atoms with van der Waals surface area (Å²) in [6.45, 7) is 8.08. The van der Waals surface area contributed by atoms with Crippen LogP contribution in [0.15, 0.2) is 12.1 Å². The molecule has 1 unspecified atom stereocenters. The van der Waals surface area contributed by atoms with E-state index in [0.717, 1.165) is 16.9 Å². The molecule has 0 saturated carbocycles. The van der Waals surface area contributed by atoms with Crippen LogP contribution in [0, 0.1) is 19.8 Å². The minimum atomic E-state index is -1.00. The van der Waals surface area contributed by atoms with Gasteiger partial charge in [0.1, 0.15) is 12.3 Å². The Morgan fingerprint density at radius 2 is 1.95 bits per heavy atom. The smallest absolute Gasteiger partial charge is 0.323 e. The van der Waals surface area contributed by atoms with Crippen LogP contribution in [0.25, 0.3) is 0 Å². The van der Waals surface area contributed by atoms with Crippen LogP contribution in [-0.4, -0.2) is 41.1 Å². The zero-order valence-corrected chi connectivity index (χ0v) is 13.5. The molecule has 0 spiro atoms. The number of hydrogen-bond donors (Lipinski definition) is 1. The fourth-order valence-electron chi connectivity index (χ4n) is 2.69. The van der Waals surface area contributed by atoms with Crippen molar-refractivity contribution >= 4 is 11.9 Å². The van der Waals surface area contributed by atoms with Crippen molar-refractivity contribution in [2.75, 3.05) is 13.1 Å². The van der Waals surface area contributed by atoms with Crippen LogP contribution in [-0.2, 0) is 16.0 Å². The lowest BCUT2D eigenvalue weighted by atomic mass is 10.0. The average molecular weight is 305 g/mol. The molecule has 1 amide bonds. The van der Waals surface area contributed by atoms with E-state index < -0.39 is 12.1 Å². The molecule has 1 aliphatic heterocycles. The van der Waals surface area contributed by atoms with Crippen molar-refractivity contribution < 1.29 is 19.4 Å². The lowest BCUT2D eigenvalue weighted by Crippen LogP contribution is -2.45. The second-order valence-corrected chi connectivity index (χ2v) is 6.36. The van der Waals surface area contributed by atoms with E-state index in [1.54, 1.807) is 0 Å². The first-order valence-electron chi connectivity index (χ1n) is 7.55. The molecule has 0 bridgehead atoms. The monoisotopic (exact) mass is 305 g/mol. The van der Waals surface area contributed by atoms with Gasteiger partial charge in [0.15, 0.2) is 6.10 Å². The summed E-state index contributed by atoms with van der Waals surface area (Å²) >= 11 is 0. The fourth-order valence-corrected chi connectivity index (χ4v) is 2.69. The topological polar surface area (TPSA) is 66.8 Å². The van der Waals surface area contributed by atoms with E-state index in [4.69, 9.17) is 9.84 Å². The molecule has 0 fully saturated rings. The van der Waals surface area contributed by atoms with Gasteiger partial charge in [-0.3, -0.25) is 9.59 Å². The fraction of sp³-hybridized carbons (Fsp3) is 0.529. The maximum atomic E-state index is 12.6. The van der Waals surface area contributed by atoms with Crippen molar-refractivity contribution in [3.05, 3.63) is 28.8 Å². The predicted molar refractivity (Wildman–Crippen MR) is 83.1 cm³/mol. The Balaban J connectivity index is 2.14. The third-order valence-electron chi connectivity index (χ3n) is 3.85. The van der Waals surface area contributed by atoms with Crippen molar-refractivity contribution in [1.82, 2.24) is 4.90 Å². The molecule has 0 radical (unpaired) electrons. The molecule has 5 nitrogen and oxygen atoms in total. The Morgan fingerprint density at radius 1 is 1.32 bits per heavy atom. The number of carboxylic acids is 1. The Labute approximate surface area is 130 Å². The van der Waals surface area contributed by atoms with Gasteiger partial charge < -0.3 is 14.7 Å². The maximum absolute atomic E-state index is 12.6. The molecule has 5 heteroatoms. The molecule has 1 atom stereocenters. The zero-order valence-electron chi connectivity index (χ0n) is 13.5. The van der Waals surface area contributed by atoms with Gasteiger partial charge in [-0.15, -0.1) is 0 Å². The van der Waals surface area contributed by atoms with Crippen LogP contribution < -0.4 is 4.74 Å². The quantitative estimate of drug-likeness (QED) is 0.905. The van der Waals surface area contributed by atoms with Gasteiger partial charge in [0.25, 0.3) is 5.91 Å². The van der Waals surface area contributed by atoms with Gasteiger partial charge in [-0.1, -0.05) is 19.9 Å². The number of carboxylic acid groups (broad SMARTS) is 1. The third kappa shape index (κ3) is 3.59. The number of carbonyl (C=O) groups is 2. The van der Waals surface area contributed by atoms with Crippen LogP contribution in [0.2, 0.25) is 0 Å². The highest BCUT2D eigenvalue weighted by molar-refractivity contribution is 5.86. The zero-order chi connectivity index (χ0) is 16.4. The second kappa shape index (κ2) is 6.38. The normalized spacial score (nSPS) is 16.3. The molecule has 22 heavy (non-hydrogen) atoms. The Bertz CT molecular complexity index is 564. The number of aliphatic carboxylic acids is 1. The summed E-state index contributed by atoms with van der Waals surface area (Å²) in [4.78, 5) is 25.0. The highest BCUT2D eigenvalue weighted by Gasteiger charge is 2.33. The molecule has 0 saturated heterocycles. The van der Waals surface area contributed by atoms with Crippen LogP contribution in [0.3, 0.4) is 0 Å². The number of nitrogens with zero attached hydrogens (tertiary/aromatic N) is 1. The largest absolute Gasteiger partial charge is 0.480 e. The van der Waals surface area contributed by atoms with Gasteiger partial charge in [0.2, 0.25) is 0 Å². The van der Waals surface area contributed by atoms with Gasteiger partial charge >= 0.3 is 5.97 Å². The Hall–Kier alpha value is -2.04. The molecule has 0 aromatic heterocycles. The number of carbonyl (C=O) groups excluding carboxylic acids is 1. The highest BCUT2D eigenvalue weighted by atomic mass is 16.5. The molecular weight excluding hydrogens is 282 g/mol. The predicted octanol–water partition coefficient (Wildman–Crippen LogP) is 2.18. The first-order valence-corrected chi connectivity index (χ1v) is 7.55. The van der Waals surface area contributed by atoms with Crippen molar-refractivity contribution in [2.24, 2.45) is 5.92 Å². The van der Waals surface area contributed by atoms with Gasteiger partial charge in [-0.2, -0.15) is 0 Å². The summed E-state index contributed by atoms with van der Waals surface area (Å²) in [5.41, 5.74) is 3.30. The standard InChI is InChI=1S/C17H23NO4/c1-10(2)8-18(9-16(19)20)17(21)15-7-13-5-11(3)12(4)6-14(13)22-15/h5-6,10,15H,7-9H2,1-4H3,(H,19,20). The van der Waals surface area contributed by atoms with Crippen molar-refractivity contribution in [1.29, 1.82) is 0 Å². The SMILES string of the molecule is Cc1cc2c(cc1C)OC(C(=O)N(CC(=O)O)CC(C)C)C2. The van der Waals surface area contributed by atoms with Gasteiger partial charge in [-0.25, -0.2) is 0 Å². The summed E-state index contributed by atoms with van der Waals surface area (Å²) in [5, 5.41) is 9.00. The summed E-state index contributed by atoms with van der Waals surface area (Å²) < 4.78 is 5.76. The number of hydrogen-bond acceptors (Lipinski definition) is 3. The maximum Gasteiger partial charge on any atom is 0.323 e. The lowest BCUT2D eigenvalue weighted by molar-refractivity contribution is -0.147. The third-order valence-corrected chi connectivity index (χ3v) is 3.85. The molecule has 120 valence electrons. The van der Waals surface area contributed by atoms with Crippen molar-refractivity contribution in [3.8, 4) is 5.75 Å². The van der Waals surface area contributed by atoms with E-state index >= 15 is 0 Å². The number of benzene rings is 1. The molecule has 2 rings (SSSR count). The molecule has 1 aromatic rings. The van der Waals surface area contributed by atoms with E-state index in [0.29, 0.717) is 13.0 Å². The van der Waals surface area contributed by atoms with Gasteiger partial charge in [-0.05, 0) is 42.5 Å². The summed E-state index contributed by atoms with van der Waals surface area (Å²) in [6.07, 6.45) is -0.113. The molecule has 1 heterocycles. The number of amides is 1. The van der Waals surface area contributed by atoms with Crippen molar-refractivity contribution in [3.63, 3.8) is 0 Å². The Kier molecular flexibility index (Phi) is 4.74. The first-order chi connectivity index (χ1) is 10.3. The minimum Gasteiger partial charge on any atom is -0.480 e. The van der Waals surface area contributed by atoms with Gasteiger partial charge in [0.05, 0.1) is 0 Å². The van der Waals surface area contributed by atoms with E-state index in [1.165, 1.54) is 10.5 Å². The molecule has 1 N–H and O–H groups in total. The van der Waals surface area contributed by atoms with E-state index in [9.17, 15) is 9.59 Å². The molecule has 0 aliphatic carbocycles. The molecule has 1 aliphatic rings. The molecule has 1 aromatic carbocycles. The minimum absolute atomic E-state index is 0.205. The summed E-state index contributed by atoms with van der Waals surface area (Å²) in [7, 11) is 0. The second-order valence-electron chi connectivity index (χ2n) is 6.36. The van der Waals surface area contributed by atoms with E-state index in [1.807, 2.05) is 39.8 Å². The van der Waals surface area contributed by atoms with Crippen LogP contribution in [0.1, 0.15) is 30.5 Å². The number of ether oxygens (including phenoxy) is 1. The molecular formula is C17H23NO4. The number of aryl methyl sites for hydroxylation is 2. The average Bonchev–Trinajstić information content (AvgIpc) is 2.79. The van der Waals surface area contributed by atoms with E-state index in [2.05, 4.69) is 0 Å². The summed E-state index contributed by atoms with van der Waals surface area (Å²) in [6, 6.07) is 3.99. The van der Waals surface area contributed by atoms with Crippen LogP contribution in [0.5, 0.6) is 5.75 Å². The number of rotatable bonds is 5. The lowest BCUT2D eigenvalue weighted by Gasteiger charge is -2.25.